The first-order valence-electron chi connectivity index (χ1n) is 14.7. The van der Waals surface area contributed by atoms with E-state index in [1.165, 1.54) is 23.9 Å². The SMILES string of the molecule is O=C1c2sc(-c3nc(Nc4ccc(N5CCC6(CNC6)C5)cc4C4CC4)ncc3C(F)(F)F)cc2SCCN1C1COC1. The van der Waals surface area contributed by atoms with Crippen LogP contribution in [-0.2, 0) is 10.9 Å². The Morgan fingerprint density at radius 3 is 2.65 bits per heavy atom. The highest BCUT2D eigenvalue weighted by Gasteiger charge is 2.43. The van der Waals surface area contributed by atoms with Crippen LogP contribution in [0, 0.1) is 5.41 Å². The normalized spacial score (nSPS) is 21.9. The van der Waals surface area contributed by atoms with Crippen molar-refractivity contribution in [2.45, 2.75) is 42.3 Å². The van der Waals surface area contributed by atoms with E-state index in [0.29, 0.717) is 51.5 Å². The minimum atomic E-state index is -4.65. The van der Waals surface area contributed by atoms with Crippen LogP contribution in [0.25, 0.3) is 10.6 Å². The Labute approximate surface area is 255 Å². The third-order valence-corrected chi connectivity index (χ3v) is 11.5. The quantitative estimate of drug-likeness (QED) is 0.366. The Bertz CT molecular complexity index is 1580. The molecule has 0 radical (unpaired) electrons. The van der Waals surface area contributed by atoms with E-state index >= 15 is 0 Å². The summed E-state index contributed by atoms with van der Waals surface area (Å²) in [6.45, 7) is 5.77. The van der Waals surface area contributed by atoms with E-state index in [0.717, 1.165) is 67.8 Å². The van der Waals surface area contributed by atoms with Crippen molar-refractivity contribution in [2.24, 2.45) is 5.41 Å². The van der Waals surface area contributed by atoms with Gasteiger partial charge in [0.15, 0.2) is 0 Å². The molecule has 1 spiro atoms. The largest absolute Gasteiger partial charge is 0.420 e. The average Bonchev–Trinajstić information content (AvgIpc) is 3.56. The molecule has 1 amide bonds. The number of carbonyl (C=O) groups excluding carboxylic acids is 1. The summed E-state index contributed by atoms with van der Waals surface area (Å²) in [7, 11) is 0. The van der Waals surface area contributed by atoms with Gasteiger partial charge < -0.3 is 25.2 Å². The molecule has 3 aromatic rings. The van der Waals surface area contributed by atoms with E-state index in [1.807, 2.05) is 6.07 Å². The van der Waals surface area contributed by atoms with Crippen molar-refractivity contribution in [3.05, 3.63) is 46.5 Å². The van der Waals surface area contributed by atoms with Crippen LogP contribution in [0.15, 0.2) is 35.4 Å². The smallest absolute Gasteiger partial charge is 0.377 e. The Balaban J connectivity index is 1.11. The van der Waals surface area contributed by atoms with Gasteiger partial charge in [0.2, 0.25) is 5.95 Å². The summed E-state index contributed by atoms with van der Waals surface area (Å²) in [5, 5.41) is 6.66. The highest BCUT2D eigenvalue weighted by molar-refractivity contribution is 7.99. The molecule has 0 atom stereocenters. The van der Waals surface area contributed by atoms with E-state index in [-0.39, 0.29) is 23.6 Å². The molecular weight excluding hydrogens is 597 g/mol. The summed E-state index contributed by atoms with van der Waals surface area (Å²) in [6.07, 6.45) is -0.442. The second-order valence-corrected chi connectivity index (χ2v) is 14.4. The van der Waals surface area contributed by atoms with Crippen LogP contribution < -0.4 is 15.5 Å². The lowest BCUT2D eigenvalue weighted by molar-refractivity contribution is -0.137. The van der Waals surface area contributed by atoms with Crippen LogP contribution in [0.2, 0.25) is 0 Å². The molecule has 3 saturated heterocycles. The number of thiophene rings is 1. The van der Waals surface area contributed by atoms with Gasteiger partial charge in [-0.1, -0.05) is 0 Å². The van der Waals surface area contributed by atoms with Crippen molar-refractivity contribution in [2.75, 3.05) is 61.9 Å². The van der Waals surface area contributed by atoms with Crippen LogP contribution in [0.3, 0.4) is 0 Å². The molecule has 0 bridgehead atoms. The number of hydrogen-bond donors (Lipinski definition) is 2. The molecule has 1 aliphatic carbocycles. The van der Waals surface area contributed by atoms with Gasteiger partial charge in [0.05, 0.1) is 29.8 Å². The minimum absolute atomic E-state index is 0.0130. The summed E-state index contributed by atoms with van der Waals surface area (Å²) in [6, 6.07) is 8.01. The molecule has 1 aromatic carbocycles. The Kier molecular flexibility index (Phi) is 6.66. The third-order valence-electron chi connectivity index (χ3n) is 9.23. The number of ether oxygens (including phenoxy) is 1. The molecule has 8 rings (SSSR count). The topological polar surface area (TPSA) is 82.6 Å². The summed E-state index contributed by atoms with van der Waals surface area (Å²) >= 11 is 2.56. The number of alkyl halides is 3. The number of aromatic nitrogens is 2. The standard InChI is InChI=1S/C30H31F3N6O2S2/c31-30(32,33)21-11-35-28(37-25(21)23-10-24-26(43-23)27(40)39(7-8-42-24)19-12-41-13-19)36-22-4-3-18(9-20(22)17-1-2-17)38-6-5-29(16-38)14-34-15-29/h3-4,9-11,17,19,34H,1-2,5-8,12-16H2,(H,35,36,37). The van der Waals surface area contributed by atoms with Crippen molar-refractivity contribution < 1.29 is 22.7 Å². The zero-order valence-electron chi connectivity index (χ0n) is 23.4. The van der Waals surface area contributed by atoms with E-state index < -0.39 is 11.7 Å². The highest BCUT2D eigenvalue weighted by Crippen LogP contribution is 2.47. The molecule has 0 unspecified atom stereocenters. The molecular formula is C30H31F3N6O2S2. The fraction of sp³-hybridized carbons (Fsp3) is 0.500. The number of thioether (sulfide) groups is 1. The molecule has 5 aliphatic rings. The monoisotopic (exact) mass is 628 g/mol. The predicted molar refractivity (Wildman–Crippen MR) is 161 cm³/mol. The minimum Gasteiger partial charge on any atom is -0.377 e. The van der Waals surface area contributed by atoms with Gasteiger partial charge in [-0.05, 0) is 55.0 Å². The number of halogens is 3. The van der Waals surface area contributed by atoms with Crippen molar-refractivity contribution in [3.63, 3.8) is 0 Å². The molecule has 1 saturated carbocycles. The molecule has 226 valence electrons. The van der Waals surface area contributed by atoms with Gasteiger partial charge in [0.1, 0.15) is 10.4 Å². The van der Waals surface area contributed by atoms with Crippen molar-refractivity contribution in [3.8, 4) is 10.6 Å². The van der Waals surface area contributed by atoms with Gasteiger partial charge in [0.25, 0.3) is 5.91 Å². The molecule has 2 N–H and O–H groups in total. The number of hydrogen-bond acceptors (Lipinski definition) is 9. The van der Waals surface area contributed by atoms with Crippen molar-refractivity contribution in [1.82, 2.24) is 20.2 Å². The number of amides is 1. The van der Waals surface area contributed by atoms with Gasteiger partial charge in [-0.15, -0.1) is 23.1 Å². The summed E-state index contributed by atoms with van der Waals surface area (Å²) in [5.74, 6) is 1.04. The number of anilines is 3. The number of nitrogens with zero attached hydrogens (tertiary/aromatic N) is 4. The first kappa shape index (κ1) is 27.7. The fourth-order valence-corrected chi connectivity index (χ4v) is 8.77. The van der Waals surface area contributed by atoms with Gasteiger partial charge in [-0.3, -0.25) is 4.79 Å². The molecule has 2 aromatic heterocycles. The Hall–Kier alpha value is -2.87. The van der Waals surface area contributed by atoms with Crippen molar-refractivity contribution >= 4 is 46.3 Å². The zero-order valence-corrected chi connectivity index (χ0v) is 25.0. The second-order valence-electron chi connectivity index (χ2n) is 12.2. The number of benzene rings is 1. The maximum atomic E-state index is 14.2. The molecule has 13 heteroatoms. The number of carbonyl (C=O) groups is 1. The molecule has 8 nitrogen and oxygen atoms in total. The molecule has 4 aliphatic heterocycles. The first-order chi connectivity index (χ1) is 20.8. The predicted octanol–water partition coefficient (Wildman–Crippen LogP) is 5.59. The summed E-state index contributed by atoms with van der Waals surface area (Å²) in [5.41, 5.74) is 2.42. The van der Waals surface area contributed by atoms with Crippen molar-refractivity contribution in [1.29, 1.82) is 0 Å². The van der Waals surface area contributed by atoms with Gasteiger partial charge in [-0.2, -0.15) is 13.2 Å². The van der Waals surface area contributed by atoms with E-state index in [1.54, 1.807) is 11.0 Å². The Morgan fingerprint density at radius 2 is 1.98 bits per heavy atom. The number of nitrogens with one attached hydrogen (secondary N) is 2. The lowest BCUT2D eigenvalue weighted by atomic mass is 9.81. The lowest BCUT2D eigenvalue weighted by Crippen LogP contribution is -2.54. The maximum absolute atomic E-state index is 14.2. The molecule has 43 heavy (non-hydrogen) atoms. The van der Waals surface area contributed by atoms with E-state index in [4.69, 9.17) is 4.74 Å². The average molecular weight is 629 g/mol. The molecule has 4 fully saturated rings. The van der Waals surface area contributed by atoms with E-state index in [2.05, 4.69) is 37.6 Å². The van der Waals surface area contributed by atoms with E-state index in [9.17, 15) is 18.0 Å². The first-order valence-corrected chi connectivity index (χ1v) is 16.5. The van der Waals surface area contributed by atoms with Gasteiger partial charge >= 0.3 is 6.18 Å². The van der Waals surface area contributed by atoms with Crippen LogP contribution in [0.1, 0.15) is 46.0 Å². The lowest BCUT2D eigenvalue weighted by Gasteiger charge is -2.39. The third kappa shape index (κ3) is 5.07. The Morgan fingerprint density at radius 1 is 1.14 bits per heavy atom. The zero-order chi connectivity index (χ0) is 29.3. The molecule has 6 heterocycles. The summed E-state index contributed by atoms with van der Waals surface area (Å²) < 4.78 is 47.9. The van der Waals surface area contributed by atoms with Gasteiger partial charge in [0, 0.05) is 66.4 Å². The van der Waals surface area contributed by atoms with Crippen LogP contribution in [0.5, 0.6) is 0 Å². The number of fused-ring (bicyclic) bond motifs is 1. The van der Waals surface area contributed by atoms with Crippen LogP contribution in [0.4, 0.5) is 30.5 Å². The fourth-order valence-electron chi connectivity index (χ4n) is 6.46. The summed E-state index contributed by atoms with van der Waals surface area (Å²) in [4.78, 5) is 27.6. The highest BCUT2D eigenvalue weighted by atomic mass is 32.2. The maximum Gasteiger partial charge on any atom is 0.420 e. The number of rotatable bonds is 6. The second kappa shape index (κ2) is 10.4. The van der Waals surface area contributed by atoms with Crippen LogP contribution >= 0.6 is 23.1 Å². The van der Waals surface area contributed by atoms with Gasteiger partial charge in [-0.25, -0.2) is 9.97 Å². The van der Waals surface area contributed by atoms with Crippen LogP contribution in [-0.4, -0.2) is 78.5 Å².